The van der Waals surface area contributed by atoms with Crippen molar-refractivity contribution in [1.82, 2.24) is 0 Å². The van der Waals surface area contributed by atoms with Gasteiger partial charge in [-0.3, -0.25) is 10.1 Å². The monoisotopic (exact) mass is 178 g/mol. The molecule has 5 nitrogen and oxygen atoms in total. The zero-order valence-electron chi connectivity index (χ0n) is 6.39. The molecule has 58 valence electrons. The molecule has 0 saturated carbocycles. The number of phenolic OH excluding ortho intramolecular Hbond substituents is 2. The molecule has 0 spiro atoms. The van der Waals surface area contributed by atoms with Gasteiger partial charge in [0.2, 0.25) is 0 Å². The van der Waals surface area contributed by atoms with Crippen LogP contribution < -0.4 is 29.6 Å². The van der Waals surface area contributed by atoms with E-state index in [9.17, 15) is 10.1 Å². The summed E-state index contributed by atoms with van der Waals surface area (Å²) in [5, 5.41) is 27.7. The van der Waals surface area contributed by atoms with E-state index < -0.39 is 16.4 Å². The van der Waals surface area contributed by atoms with Crippen molar-refractivity contribution in [2.45, 2.75) is 0 Å². The SMILES string of the molecule is O=[N+]([O-])c1ccc(O)cc1O.[Na+]. The van der Waals surface area contributed by atoms with Crippen molar-refractivity contribution in [3.8, 4) is 11.5 Å². The second-order valence-corrected chi connectivity index (χ2v) is 1.93. The van der Waals surface area contributed by atoms with Crippen molar-refractivity contribution in [2.75, 3.05) is 0 Å². The molecule has 0 aliphatic rings. The van der Waals surface area contributed by atoms with E-state index in [2.05, 4.69) is 0 Å². The van der Waals surface area contributed by atoms with Crippen LogP contribution >= 0.6 is 0 Å². The van der Waals surface area contributed by atoms with Gasteiger partial charge in [-0.05, 0) is 6.07 Å². The quantitative estimate of drug-likeness (QED) is 0.296. The Labute approximate surface area is 90.1 Å². The molecular formula is C6H5NNaO4+. The molecule has 0 aliphatic carbocycles. The first-order valence-corrected chi connectivity index (χ1v) is 2.77. The van der Waals surface area contributed by atoms with E-state index in [0.717, 1.165) is 18.2 Å². The molecule has 0 unspecified atom stereocenters. The fourth-order valence-corrected chi connectivity index (χ4v) is 0.666. The van der Waals surface area contributed by atoms with Crippen LogP contribution in [0.15, 0.2) is 18.2 Å². The summed E-state index contributed by atoms with van der Waals surface area (Å²) in [5.41, 5.74) is -0.414. The normalized spacial score (nSPS) is 8.67. The minimum Gasteiger partial charge on any atom is -0.508 e. The summed E-state index contributed by atoms with van der Waals surface area (Å²) < 4.78 is 0. The molecule has 0 saturated heterocycles. The first kappa shape index (κ1) is 11.2. The average Bonchev–Trinajstić information content (AvgIpc) is 1.85. The van der Waals surface area contributed by atoms with Crippen molar-refractivity contribution in [3.05, 3.63) is 28.3 Å². The summed E-state index contributed by atoms with van der Waals surface area (Å²) in [6.45, 7) is 0. The Morgan fingerprint density at radius 3 is 2.33 bits per heavy atom. The number of hydrogen-bond donors (Lipinski definition) is 2. The Hall–Kier alpha value is -0.780. The summed E-state index contributed by atoms with van der Waals surface area (Å²) in [7, 11) is 0. The topological polar surface area (TPSA) is 83.6 Å². The molecule has 6 heteroatoms. The van der Waals surface area contributed by atoms with E-state index in [1.54, 1.807) is 0 Å². The minimum absolute atomic E-state index is 0. The smallest absolute Gasteiger partial charge is 0.508 e. The van der Waals surface area contributed by atoms with E-state index in [4.69, 9.17) is 10.2 Å². The van der Waals surface area contributed by atoms with Gasteiger partial charge in [-0.2, -0.15) is 0 Å². The number of aromatic hydroxyl groups is 2. The zero-order chi connectivity index (χ0) is 8.43. The van der Waals surface area contributed by atoms with Crippen molar-refractivity contribution >= 4 is 5.69 Å². The van der Waals surface area contributed by atoms with Crippen molar-refractivity contribution in [2.24, 2.45) is 0 Å². The Morgan fingerprint density at radius 1 is 1.33 bits per heavy atom. The number of benzene rings is 1. The Bertz CT molecular complexity index is 302. The molecule has 0 aromatic heterocycles. The van der Waals surface area contributed by atoms with Gasteiger partial charge >= 0.3 is 35.2 Å². The Kier molecular flexibility index (Phi) is 4.02. The molecule has 0 fully saturated rings. The fourth-order valence-electron chi connectivity index (χ4n) is 0.666. The molecule has 0 amide bonds. The van der Waals surface area contributed by atoms with Crippen LogP contribution in [0.1, 0.15) is 0 Å². The molecule has 2 N–H and O–H groups in total. The molecule has 1 aromatic rings. The molecular weight excluding hydrogens is 173 g/mol. The van der Waals surface area contributed by atoms with Gasteiger partial charge in [0.25, 0.3) is 0 Å². The van der Waals surface area contributed by atoms with Crippen LogP contribution in [-0.2, 0) is 0 Å². The minimum atomic E-state index is -0.727. The molecule has 12 heavy (non-hydrogen) atoms. The Balaban J connectivity index is 0.00000121. The maximum absolute atomic E-state index is 10.1. The van der Waals surface area contributed by atoms with Crippen LogP contribution in [0.4, 0.5) is 5.69 Å². The van der Waals surface area contributed by atoms with Crippen LogP contribution in [0.5, 0.6) is 11.5 Å². The van der Waals surface area contributed by atoms with E-state index in [0.29, 0.717) is 0 Å². The predicted molar refractivity (Wildman–Crippen MR) is 36.4 cm³/mol. The summed E-state index contributed by atoms with van der Waals surface area (Å²) in [5.74, 6) is -0.733. The van der Waals surface area contributed by atoms with Gasteiger partial charge in [-0.15, -0.1) is 0 Å². The second kappa shape index (κ2) is 4.30. The fraction of sp³-hybridized carbons (Fsp3) is 0. The maximum atomic E-state index is 10.1. The molecule has 1 aromatic carbocycles. The first-order chi connectivity index (χ1) is 5.11. The number of nitro benzene ring substituents is 1. The van der Waals surface area contributed by atoms with Gasteiger partial charge in [-0.1, -0.05) is 0 Å². The van der Waals surface area contributed by atoms with Crippen molar-refractivity contribution < 1.29 is 44.7 Å². The zero-order valence-corrected chi connectivity index (χ0v) is 8.39. The number of rotatable bonds is 1. The van der Waals surface area contributed by atoms with Crippen LogP contribution in [-0.4, -0.2) is 15.1 Å². The number of nitrogens with zero attached hydrogens (tertiary/aromatic N) is 1. The van der Waals surface area contributed by atoms with Crippen molar-refractivity contribution in [1.29, 1.82) is 0 Å². The third kappa shape index (κ3) is 2.37. The van der Waals surface area contributed by atoms with Crippen LogP contribution in [0.25, 0.3) is 0 Å². The number of hydrogen-bond acceptors (Lipinski definition) is 4. The maximum Gasteiger partial charge on any atom is 1.00 e. The van der Waals surface area contributed by atoms with Gasteiger partial charge in [-0.25, -0.2) is 0 Å². The predicted octanol–water partition coefficient (Wildman–Crippen LogP) is -1.99. The van der Waals surface area contributed by atoms with Crippen LogP contribution in [0.3, 0.4) is 0 Å². The van der Waals surface area contributed by atoms with Gasteiger partial charge in [0, 0.05) is 12.1 Å². The van der Waals surface area contributed by atoms with Gasteiger partial charge < -0.3 is 10.2 Å². The van der Waals surface area contributed by atoms with Crippen molar-refractivity contribution in [3.63, 3.8) is 0 Å². The summed E-state index contributed by atoms with van der Waals surface area (Å²) in [6.07, 6.45) is 0. The Morgan fingerprint density at radius 2 is 1.92 bits per heavy atom. The van der Waals surface area contributed by atoms with Gasteiger partial charge in [0.1, 0.15) is 5.75 Å². The average molecular weight is 178 g/mol. The third-order valence-corrected chi connectivity index (χ3v) is 1.16. The molecule has 1 rings (SSSR count). The van der Waals surface area contributed by atoms with E-state index in [-0.39, 0.29) is 35.3 Å². The van der Waals surface area contributed by atoms with E-state index in [1.807, 2.05) is 0 Å². The van der Waals surface area contributed by atoms with Gasteiger partial charge in [0.05, 0.1) is 4.92 Å². The second-order valence-electron chi connectivity index (χ2n) is 1.93. The molecule has 0 aliphatic heterocycles. The molecule has 0 bridgehead atoms. The standard InChI is InChI=1S/C6H5NO4.Na/c8-4-1-2-5(7(10)11)6(9)3-4;/h1-3,8-9H;/q;+1. The number of nitro groups is 1. The van der Waals surface area contributed by atoms with Crippen LogP contribution in [0, 0.1) is 10.1 Å². The molecule has 0 atom stereocenters. The van der Waals surface area contributed by atoms with E-state index in [1.165, 1.54) is 0 Å². The largest absolute Gasteiger partial charge is 1.00 e. The number of phenols is 2. The summed E-state index contributed by atoms with van der Waals surface area (Å²) in [6, 6.07) is 3.08. The van der Waals surface area contributed by atoms with Crippen LogP contribution in [0.2, 0.25) is 0 Å². The molecule has 0 radical (unpaired) electrons. The molecule has 0 heterocycles. The summed E-state index contributed by atoms with van der Waals surface area (Å²) in [4.78, 5) is 9.37. The third-order valence-electron chi connectivity index (χ3n) is 1.16. The first-order valence-electron chi connectivity index (χ1n) is 2.77. The van der Waals surface area contributed by atoms with Gasteiger partial charge in [0.15, 0.2) is 5.75 Å². The van der Waals surface area contributed by atoms with E-state index >= 15 is 0 Å². The summed E-state index contributed by atoms with van der Waals surface area (Å²) >= 11 is 0.